The van der Waals surface area contributed by atoms with Gasteiger partial charge in [0.15, 0.2) is 5.78 Å². The van der Waals surface area contributed by atoms with Gasteiger partial charge < -0.3 is 9.30 Å². The summed E-state index contributed by atoms with van der Waals surface area (Å²) in [6, 6.07) is 1.30. The van der Waals surface area contributed by atoms with E-state index in [0.29, 0.717) is 5.56 Å². The van der Waals surface area contributed by atoms with Crippen LogP contribution in [0.15, 0.2) is 6.07 Å². The Labute approximate surface area is 112 Å². The third-order valence-corrected chi connectivity index (χ3v) is 3.24. The lowest BCUT2D eigenvalue weighted by molar-refractivity contribution is -0.144. The normalized spacial score (nSPS) is 14.1. The molecule has 0 aromatic carbocycles. The van der Waals surface area contributed by atoms with Gasteiger partial charge in [0, 0.05) is 17.0 Å². The zero-order valence-electron chi connectivity index (χ0n) is 11.3. The zero-order valence-corrected chi connectivity index (χ0v) is 12.0. The first-order valence-electron chi connectivity index (χ1n) is 5.75. The van der Waals surface area contributed by atoms with E-state index in [0.717, 1.165) is 11.4 Å². The molecule has 0 saturated heterocycles. The number of nitrogens with zero attached hydrogens (tertiary/aromatic N) is 1. The number of Topliss-reactive ketones (excluding diaryl/α,β-unsaturated/α-hetero) is 1. The minimum atomic E-state index is -0.576. The number of rotatable bonds is 4. The second kappa shape index (κ2) is 5.57. The summed E-state index contributed by atoms with van der Waals surface area (Å²) in [5.74, 6) is -0.470. The summed E-state index contributed by atoms with van der Waals surface area (Å²) < 4.78 is 6.51. The number of ether oxygens (including phenoxy) is 1. The molecule has 1 rings (SSSR count). The molecule has 1 aromatic rings. The fourth-order valence-electron chi connectivity index (χ4n) is 2.11. The molecule has 0 N–H and O–H groups in total. The van der Waals surface area contributed by atoms with Gasteiger partial charge in [-0.15, -0.1) is 11.6 Å². The van der Waals surface area contributed by atoms with Crippen molar-refractivity contribution in [2.24, 2.45) is 0 Å². The van der Waals surface area contributed by atoms with E-state index in [1.54, 1.807) is 31.4 Å². The van der Waals surface area contributed by atoms with Gasteiger partial charge in [-0.3, -0.25) is 4.79 Å². The predicted octanol–water partition coefficient (Wildman–Crippen LogP) is 2.65. The predicted molar refractivity (Wildman–Crippen MR) is 70.3 cm³/mol. The van der Waals surface area contributed by atoms with Crippen LogP contribution in [0.1, 0.15) is 41.6 Å². The number of alkyl halides is 1. The lowest BCUT2D eigenvalue weighted by Crippen LogP contribution is -2.20. The van der Waals surface area contributed by atoms with Crippen molar-refractivity contribution in [1.29, 1.82) is 0 Å². The Hall–Kier alpha value is -1.29. The Morgan fingerprint density at radius 2 is 1.89 bits per heavy atom. The van der Waals surface area contributed by atoms with E-state index in [1.165, 1.54) is 7.11 Å². The van der Waals surface area contributed by atoms with E-state index in [9.17, 15) is 9.59 Å². The summed E-state index contributed by atoms with van der Waals surface area (Å²) in [6.45, 7) is 7.03. The van der Waals surface area contributed by atoms with Crippen molar-refractivity contribution in [2.75, 3.05) is 7.11 Å². The molecule has 5 heteroatoms. The highest BCUT2D eigenvalue weighted by molar-refractivity contribution is 6.33. The summed E-state index contributed by atoms with van der Waals surface area (Å²) in [5, 5.41) is -0.576. The van der Waals surface area contributed by atoms with Crippen LogP contribution in [0.25, 0.3) is 0 Å². The summed E-state index contributed by atoms with van der Waals surface area (Å²) in [7, 11) is 1.35. The average molecular weight is 272 g/mol. The highest BCUT2D eigenvalue weighted by atomic mass is 35.5. The number of methoxy groups -OCH3 is 1. The van der Waals surface area contributed by atoms with Crippen LogP contribution < -0.4 is 0 Å². The molecule has 100 valence electrons. The molecule has 0 aliphatic carbocycles. The van der Waals surface area contributed by atoms with Gasteiger partial charge in [-0.05, 0) is 33.8 Å². The first-order chi connectivity index (χ1) is 8.31. The number of halogens is 1. The molecule has 0 fully saturated rings. The Morgan fingerprint density at radius 3 is 2.33 bits per heavy atom. The number of aryl methyl sites for hydroxylation is 1. The first-order valence-corrected chi connectivity index (χ1v) is 6.19. The van der Waals surface area contributed by atoms with Gasteiger partial charge in [-0.1, -0.05) is 0 Å². The minimum absolute atomic E-state index is 0.131. The number of esters is 1. The zero-order chi connectivity index (χ0) is 14.0. The maximum absolute atomic E-state index is 11.9. The molecule has 2 unspecified atom stereocenters. The number of ketones is 1. The Kier molecular flexibility index (Phi) is 4.57. The number of aromatic nitrogens is 1. The molecule has 18 heavy (non-hydrogen) atoms. The van der Waals surface area contributed by atoms with Crippen LogP contribution in [-0.2, 0) is 9.53 Å². The van der Waals surface area contributed by atoms with Gasteiger partial charge in [0.25, 0.3) is 0 Å². The van der Waals surface area contributed by atoms with Crippen LogP contribution in [0.4, 0.5) is 0 Å². The molecule has 4 nitrogen and oxygen atoms in total. The fraction of sp³-hybridized carbons (Fsp3) is 0.538. The van der Waals surface area contributed by atoms with Crippen molar-refractivity contribution >= 4 is 23.4 Å². The average Bonchev–Trinajstić information content (AvgIpc) is 2.61. The van der Waals surface area contributed by atoms with Crippen molar-refractivity contribution in [3.63, 3.8) is 0 Å². The second-order valence-electron chi connectivity index (χ2n) is 4.33. The highest BCUT2D eigenvalue weighted by Crippen LogP contribution is 2.23. The molecule has 0 bridgehead atoms. The summed E-state index contributed by atoms with van der Waals surface area (Å²) >= 11 is 5.82. The lowest BCUT2D eigenvalue weighted by atomic mass is 10.1. The van der Waals surface area contributed by atoms with E-state index >= 15 is 0 Å². The number of carbonyl (C=O) groups excluding carboxylic acids is 2. The lowest BCUT2D eigenvalue weighted by Gasteiger charge is -2.16. The maximum Gasteiger partial charge on any atom is 0.328 e. The van der Waals surface area contributed by atoms with Crippen molar-refractivity contribution < 1.29 is 14.3 Å². The number of hydrogen-bond donors (Lipinski definition) is 0. The molecule has 0 spiro atoms. The van der Waals surface area contributed by atoms with Crippen LogP contribution in [-0.4, -0.2) is 28.8 Å². The molecule has 0 aliphatic heterocycles. The largest absolute Gasteiger partial charge is 0.467 e. The van der Waals surface area contributed by atoms with E-state index in [2.05, 4.69) is 0 Å². The van der Waals surface area contributed by atoms with Gasteiger partial charge in [0.05, 0.1) is 12.5 Å². The quantitative estimate of drug-likeness (QED) is 0.481. The maximum atomic E-state index is 11.9. The van der Waals surface area contributed by atoms with Gasteiger partial charge in [-0.2, -0.15) is 0 Å². The van der Waals surface area contributed by atoms with Gasteiger partial charge in [0.1, 0.15) is 6.04 Å². The highest BCUT2D eigenvalue weighted by Gasteiger charge is 2.24. The van der Waals surface area contributed by atoms with Gasteiger partial charge in [0.2, 0.25) is 0 Å². The smallest absolute Gasteiger partial charge is 0.328 e. The molecule has 1 heterocycles. The van der Waals surface area contributed by atoms with Crippen molar-refractivity contribution in [3.05, 3.63) is 23.0 Å². The van der Waals surface area contributed by atoms with Crippen LogP contribution >= 0.6 is 11.6 Å². The monoisotopic (exact) mass is 271 g/mol. The van der Waals surface area contributed by atoms with Crippen LogP contribution in [0, 0.1) is 13.8 Å². The fourth-order valence-corrected chi connectivity index (χ4v) is 2.23. The first kappa shape index (κ1) is 14.8. The molecular weight excluding hydrogens is 254 g/mol. The van der Waals surface area contributed by atoms with Crippen LogP contribution in [0.3, 0.4) is 0 Å². The molecule has 0 amide bonds. The Bertz CT molecular complexity index is 477. The number of hydrogen-bond acceptors (Lipinski definition) is 3. The Balaban J connectivity index is 3.24. The Morgan fingerprint density at radius 1 is 1.33 bits per heavy atom. The molecule has 1 aromatic heterocycles. The number of carbonyl (C=O) groups is 2. The second-order valence-corrected chi connectivity index (χ2v) is 4.99. The van der Waals surface area contributed by atoms with E-state index in [-0.39, 0.29) is 11.8 Å². The van der Waals surface area contributed by atoms with Crippen molar-refractivity contribution in [1.82, 2.24) is 4.57 Å². The standard InChI is InChI=1S/C13H18ClNO3/c1-7-6-11(12(16)8(2)14)9(3)15(7)10(4)13(17)18-5/h6,8,10H,1-5H3. The van der Waals surface area contributed by atoms with Gasteiger partial charge in [-0.25, -0.2) is 4.79 Å². The van der Waals surface area contributed by atoms with E-state index in [1.807, 2.05) is 6.92 Å². The van der Waals surface area contributed by atoms with E-state index in [4.69, 9.17) is 16.3 Å². The van der Waals surface area contributed by atoms with Crippen molar-refractivity contribution in [3.8, 4) is 0 Å². The molecular formula is C13H18ClNO3. The summed E-state index contributed by atoms with van der Waals surface area (Å²) in [4.78, 5) is 23.5. The third-order valence-electron chi connectivity index (χ3n) is 3.04. The summed E-state index contributed by atoms with van der Waals surface area (Å²) in [5.41, 5.74) is 2.14. The summed E-state index contributed by atoms with van der Waals surface area (Å²) in [6.07, 6.45) is 0. The topological polar surface area (TPSA) is 48.3 Å². The third kappa shape index (κ3) is 2.58. The van der Waals surface area contributed by atoms with Gasteiger partial charge >= 0.3 is 5.97 Å². The van der Waals surface area contributed by atoms with Crippen LogP contribution in [0.5, 0.6) is 0 Å². The SMILES string of the molecule is COC(=O)C(C)n1c(C)cc(C(=O)C(C)Cl)c1C. The molecule has 2 atom stereocenters. The molecule has 0 saturated carbocycles. The molecule has 0 aliphatic rings. The van der Waals surface area contributed by atoms with E-state index < -0.39 is 11.4 Å². The van der Waals surface area contributed by atoms with Crippen LogP contribution in [0.2, 0.25) is 0 Å². The van der Waals surface area contributed by atoms with Crippen molar-refractivity contribution in [2.45, 2.75) is 39.1 Å². The molecule has 0 radical (unpaired) electrons. The minimum Gasteiger partial charge on any atom is -0.467 e.